The number of ether oxygens (including phenoxy) is 1. The predicted octanol–water partition coefficient (Wildman–Crippen LogP) is 3.09. The second-order valence-electron chi connectivity index (χ2n) is 7.55. The van der Waals surface area contributed by atoms with E-state index in [9.17, 15) is 25.4 Å². The van der Waals surface area contributed by atoms with Crippen molar-refractivity contribution in [3.63, 3.8) is 0 Å². The van der Waals surface area contributed by atoms with Crippen molar-refractivity contribution in [2.24, 2.45) is 11.3 Å². The highest BCUT2D eigenvalue weighted by Crippen LogP contribution is 2.53. The van der Waals surface area contributed by atoms with Crippen LogP contribution in [0.15, 0.2) is 23.8 Å². The number of fused-ring (bicyclic) bond motifs is 1. The van der Waals surface area contributed by atoms with Crippen molar-refractivity contribution in [3.8, 4) is 23.3 Å². The molecule has 2 unspecified atom stereocenters. The summed E-state index contributed by atoms with van der Waals surface area (Å²) in [5.41, 5.74) is -0.886. The van der Waals surface area contributed by atoms with Gasteiger partial charge in [-0.2, -0.15) is 5.26 Å². The highest BCUT2D eigenvalue weighted by Gasteiger charge is 2.54. The van der Waals surface area contributed by atoms with Crippen LogP contribution in [0.4, 0.5) is 0 Å². The van der Waals surface area contributed by atoms with E-state index in [0.717, 1.165) is 0 Å². The first-order chi connectivity index (χ1) is 11.6. The van der Waals surface area contributed by atoms with Gasteiger partial charge in [-0.15, -0.1) is 0 Å². The largest absolute Gasteiger partial charge is 0.504 e. The summed E-state index contributed by atoms with van der Waals surface area (Å²) in [4.78, 5) is 12.5. The molecule has 1 aliphatic carbocycles. The quantitative estimate of drug-likeness (QED) is 0.676. The van der Waals surface area contributed by atoms with Crippen LogP contribution in [0.25, 0.3) is 0 Å². The molecule has 25 heavy (non-hydrogen) atoms. The van der Waals surface area contributed by atoms with Gasteiger partial charge in [-0.3, -0.25) is 4.79 Å². The second-order valence-corrected chi connectivity index (χ2v) is 7.55. The standard InChI is InChI=1S/C19H21NO5/c1-18(2)15-5-4-14(10-6-12(21)16(23)13(22)7-10)25-19(15,3)8-11(9-20)17(18)24/h6-8,14-15,21-23H,4-5H2,1-3H3/t14-,15?,19?/m1/s1. The van der Waals surface area contributed by atoms with Gasteiger partial charge in [-0.25, -0.2) is 0 Å². The van der Waals surface area contributed by atoms with Gasteiger partial charge in [0.05, 0.1) is 17.3 Å². The number of nitrogens with zero attached hydrogens (tertiary/aromatic N) is 1. The molecule has 2 aliphatic rings. The van der Waals surface area contributed by atoms with Crippen molar-refractivity contribution < 1.29 is 24.9 Å². The van der Waals surface area contributed by atoms with Gasteiger partial charge in [0.2, 0.25) is 0 Å². The minimum Gasteiger partial charge on any atom is -0.504 e. The predicted molar refractivity (Wildman–Crippen MR) is 88.9 cm³/mol. The molecule has 132 valence electrons. The Morgan fingerprint density at radius 3 is 2.32 bits per heavy atom. The molecule has 1 aliphatic heterocycles. The number of carbonyl (C=O) groups is 1. The molecule has 1 saturated heterocycles. The highest BCUT2D eigenvalue weighted by atomic mass is 16.5. The lowest BCUT2D eigenvalue weighted by molar-refractivity contribution is -0.168. The first-order valence-corrected chi connectivity index (χ1v) is 8.20. The van der Waals surface area contributed by atoms with Crippen molar-refractivity contribution in [2.75, 3.05) is 0 Å². The first-order valence-electron chi connectivity index (χ1n) is 8.20. The van der Waals surface area contributed by atoms with E-state index in [-0.39, 0.29) is 17.3 Å². The molecule has 3 N–H and O–H groups in total. The molecular weight excluding hydrogens is 322 g/mol. The van der Waals surface area contributed by atoms with Crippen LogP contribution in [0.3, 0.4) is 0 Å². The van der Waals surface area contributed by atoms with Crippen LogP contribution in [0, 0.1) is 22.7 Å². The Hall–Kier alpha value is -2.52. The molecule has 0 bridgehead atoms. The zero-order chi connectivity index (χ0) is 18.6. The minimum atomic E-state index is -0.811. The zero-order valence-corrected chi connectivity index (χ0v) is 14.4. The van der Waals surface area contributed by atoms with Crippen LogP contribution in [0.1, 0.15) is 45.3 Å². The topological polar surface area (TPSA) is 111 Å². The average Bonchev–Trinajstić information content (AvgIpc) is 2.55. The lowest BCUT2D eigenvalue weighted by atomic mass is 9.59. The number of allylic oxidation sites excluding steroid dienone is 1. The minimum absolute atomic E-state index is 0.0832. The number of phenols is 3. The van der Waals surface area contributed by atoms with Crippen molar-refractivity contribution in [3.05, 3.63) is 29.3 Å². The van der Waals surface area contributed by atoms with E-state index in [2.05, 4.69) is 0 Å². The number of phenolic OH excluding ortho intramolecular Hbond substituents is 3. The molecule has 3 rings (SSSR count). The Bertz CT molecular complexity index is 797. The number of ketones is 1. The van der Waals surface area contributed by atoms with Gasteiger partial charge in [-0.05, 0) is 43.5 Å². The molecule has 1 aromatic carbocycles. The van der Waals surface area contributed by atoms with Gasteiger partial charge < -0.3 is 20.1 Å². The molecule has 0 radical (unpaired) electrons. The fourth-order valence-electron chi connectivity index (χ4n) is 4.25. The SMILES string of the molecule is CC12C=C(C#N)C(=O)C(C)(C)C1CC[C@H](c1cc(O)c(O)c(O)c1)O2. The number of carbonyl (C=O) groups excluding carboxylic acids is 1. The fourth-order valence-corrected chi connectivity index (χ4v) is 4.25. The van der Waals surface area contributed by atoms with E-state index in [4.69, 9.17) is 4.74 Å². The van der Waals surface area contributed by atoms with Gasteiger partial charge in [-0.1, -0.05) is 13.8 Å². The highest BCUT2D eigenvalue weighted by molar-refractivity contribution is 6.04. The van der Waals surface area contributed by atoms with Crippen molar-refractivity contribution in [1.82, 2.24) is 0 Å². The third kappa shape index (κ3) is 2.56. The van der Waals surface area contributed by atoms with Crippen LogP contribution < -0.4 is 0 Å². The van der Waals surface area contributed by atoms with E-state index in [0.29, 0.717) is 18.4 Å². The molecule has 0 aromatic heterocycles. The first kappa shape index (κ1) is 17.3. The maximum Gasteiger partial charge on any atom is 0.200 e. The molecule has 1 aromatic rings. The lowest BCUT2D eigenvalue weighted by Crippen LogP contribution is -2.54. The maximum absolute atomic E-state index is 12.5. The van der Waals surface area contributed by atoms with E-state index < -0.39 is 34.4 Å². The summed E-state index contributed by atoms with van der Waals surface area (Å²) in [7, 11) is 0. The maximum atomic E-state index is 12.5. The molecule has 1 heterocycles. The summed E-state index contributed by atoms with van der Waals surface area (Å²) in [5, 5.41) is 38.3. The van der Waals surface area contributed by atoms with Crippen LogP contribution in [-0.2, 0) is 9.53 Å². The Labute approximate surface area is 146 Å². The molecular formula is C19H21NO5. The smallest absolute Gasteiger partial charge is 0.200 e. The summed E-state index contributed by atoms with van der Waals surface area (Å²) >= 11 is 0. The van der Waals surface area contributed by atoms with Crippen LogP contribution >= 0.6 is 0 Å². The number of Topliss-reactive ketones (excluding diaryl/α,β-unsaturated/α-hetero) is 1. The molecule has 1 fully saturated rings. The molecule has 0 spiro atoms. The third-order valence-electron chi connectivity index (χ3n) is 5.52. The van der Waals surface area contributed by atoms with Crippen molar-refractivity contribution >= 4 is 5.78 Å². The molecule has 6 nitrogen and oxygen atoms in total. The molecule has 6 heteroatoms. The van der Waals surface area contributed by atoms with Gasteiger partial charge in [0.15, 0.2) is 23.0 Å². The Kier molecular flexibility index (Phi) is 3.81. The molecule has 3 atom stereocenters. The second kappa shape index (κ2) is 5.50. The van der Waals surface area contributed by atoms with E-state index in [1.165, 1.54) is 12.1 Å². The Balaban J connectivity index is 2.01. The lowest BCUT2D eigenvalue weighted by Gasteiger charge is -2.51. The molecule has 0 amide bonds. The number of aromatic hydroxyl groups is 3. The molecule has 0 saturated carbocycles. The summed E-state index contributed by atoms with van der Waals surface area (Å²) in [6, 6.07) is 4.68. The van der Waals surface area contributed by atoms with E-state index in [1.54, 1.807) is 6.08 Å². The van der Waals surface area contributed by atoms with Crippen LogP contribution in [0.5, 0.6) is 17.2 Å². The number of nitriles is 1. The van der Waals surface area contributed by atoms with Gasteiger partial charge in [0.25, 0.3) is 0 Å². The number of hydrogen-bond donors (Lipinski definition) is 3. The Morgan fingerprint density at radius 2 is 1.76 bits per heavy atom. The normalized spacial score (nSPS) is 31.0. The zero-order valence-electron chi connectivity index (χ0n) is 14.4. The van der Waals surface area contributed by atoms with E-state index >= 15 is 0 Å². The number of hydrogen-bond acceptors (Lipinski definition) is 6. The van der Waals surface area contributed by atoms with Crippen LogP contribution in [0.2, 0.25) is 0 Å². The van der Waals surface area contributed by atoms with Gasteiger partial charge in [0.1, 0.15) is 6.07 Å². The van der Waals surface area contributed by atoms with Crippen LogP contribution in [-0.4, -0.2) is 26.7 Å². The van der Waals surface area contributed by atoms with Gasteiger partial charge in [0, 0.05) is 11.3 Å². The summed E-state index contributed by atoms with van der Waals surface area (Å²) in [5.74, 6) is -1.66. The van der Waals surface area contributed by atoms with Crippen molar-refractivity contribution in [2.45, 2.75) is 45.3 Å². The number of benzene rings is 1. The van der Waals surface area contributed by atoms with E-state index in [1.807, 2.05) is 26.8 Å². The van der Waals surface area contributed by atoms with Gasteiger partial charge >= 0.3 is 0 Å². The van der Waals surface area contributed by atoms with Crippen molar-refractivity contribution in [1.29, 1.82) is 5.26 Å². The number of rotatable bonds is 1. The summed E-state index contributed by atoms with van der Waals surface area (Å²) < 4.78 is 6.25. The monoisotopic (exact) mass is 343 g/mol. The average molecular weight is 343 g/mol. The summed E-state index contributed by atoms with van der Waals surface area (Å²) in [6.07, 6.45) is 2.45. The third-order valence-corrected chi connectivity index (χ3v) is 5.52. The summed E-state index contributed by atoms with van der Waals surface area (Å²) in [6.45, 7) is 5.53. The fraction of sp³-hybridized carbons (Fsp3) is 0.474. The Morgan fingerprint density at radius 1 is 1.16 bits per heavy atom.